The monoisotopic (exact) mass is 184 g/mol. The molecule has 0 spiro atoms. The fourth-order valence-corrected chi connectivity index (χ4v) is 0.892. The highest BCUT2D eigenvalue weighted by Gasteiger charge is 2.08. The summed E-state index contributed by atoms with van der Waals surface area (Å²) in [5.41, 5.74) is -0.329. The van der Waals surface area contributed by atoms with Crippen LogP contribution >= 0.6 is 0 Å². The van der Waals surface area contributed by atoms with Crippen LogP contribution < -0.4 is 10.3 Å². The molecule has 1 heterocycles. The van der Waals surface area contributed by atoms with Crippen LogP contribution in [0.5, 0.6) is 5.75 Å². The molecule has 0 aliphatic rings. The fourth-order valence-electron chi connectivity index (χ4n) is 0.892. The number of nitrogens with one attached hydrogen (secondary N) is 1. The van der Waals surface area contributed by atoms with Crippen molar-refractivity contribution in [3.8, 4) is 5.75 Å². The lowest BCUT2D eigenvalue weighted by Crippen LogP contribution is -2.17. The van der Waals surface area contributed by atoms with Crippen LogP contribution in [0.3, 0.4) is 0 Å². The molecule has 13 heavy (non-hydrogen) atoms. The number of esters is 1. The predicted octanol–water partition coefficient (Wildman–Crippen LogP) is 0.419. The Morgan fingerprint density at radius 2 is 2.38 bits per heavy atom. The van der Waals surface area contributed by atoms with Crippen LogP contribution in [0.25, 0.3) is 0 Å². The van der Waals surface area contributed by atoms with Gasteiger partial charge in [-0.2, -0.15) is 0 Å². The minimum absolute atomic E-state index is 0.0564. The van der Waals surface area contributed by atoms with Gasteiger partial charge >= 0.3 is 11.5 Å². The number of aryl methyl sites for hydroxylation is 1. The van der Waals surface area contributed by atoms with Crippen LogP contribution in [0.1, 0.15) is 19.8 Å². The zero-order valence-electron chi connectivity index (χ0n) is 7.66. The van der Waals surface area contributed by atoms with Crippen molar-refractivity contribution in [1.29, 1.82) is 0 Å². The van der Waals surface area contributed by atoms with Gasteiger partial charge in [-0.15, -0.1) is 0 Å². The first-order valence-corrected chi connectivity index (χ1v) is 4.10. The molecule has 0 amide bonds. The van der Waals surface area contributed by atoms with Gasteiger partial charge in [-0.3, -0.25) is 19.4 Å². The first-order chi connectivity index (χ1) is 6.15. The molecule has 0 atom stereocenters. The number of aromatic nitrogens is 2. The number of hydrogen-bond donors (Lipinski definition) is 1. The van der Waals surface area contributed by atoms with E-state index in [1.165, 1.54) is 10.9 Å². The van der Waals surface area contributed by atoms with Crippen molar-refractivity contribution in [3.05, 3.63) is 16.6 Å². The fraction of sp³-hybridized carbons (Fsp3) is 0.500. The van der Waals surface area contributed by atoms with Crippen LogP contribution in [0.2, 0.25) is 0 Å². The van der Waals surface area contributed by atoms with Gasteiger partial charge in [0.05, 0.1) is 6.20 Å². The molecular formula is C8H12N2O3. The van der Waals surface area contributed by atoms with Gasteiger partial charge in [0.25, 0.3) is 0 Å². The Kier molecular flexibility index (Phi) is 2.89. The van der Waals surface area contributed by atoms with Crippen molar-refractivity contribution in [2.24, 2.45) is 7.05 Å². The number of carbonyl (C=O) groups excluding carboxylic acids is 1. The van der Waals surface area contributed by atoms with Crippen molar-refractivity contribution in [3.63, 3.8) is 0 Å². The van der Waals surface area contributed by atoms with Crippen molar-refractivity contribution in [2.75, 3.05) is 0 Å². The van der Waals surface area contributed by atoms with Gasteiger partial charge in [-0.1, -0.05) is 6.92 Å². The third-order valence-electron chi connectivity index (χ3n) is 1.58. The van der Waals surface area contributed by atoms with Gasteiger partial charge in [0, 0.05) is 13.5 Å². The quantitative estimate of drug-likeness (QED) is 0.692. The van der Waals surface area contributed by atoms with Gasteiger partial charge < -0.3 is 4.74 Å². The molecule has 5 heteroatoms. The van der Waals surface area contributed by atoms with Crippen molar-refractivity contribution < 1.29 is 9.53 Å². The number of H-pyrrole nitrogens is 1. The summed E-state index contributed by atoms with van der Waals surface area (Å²) in [5, 5.41) is 2.61. The molecule has 0 bridgehead atoms. The third-order valence-corrected chi connectivity index (χ3v) is 1.58. The maximum atomic E-state index is 11.2. The molecule has 0 saturated carbocycles. The topological polar surface area (TPSA) is 64.1 Å². The van der Waals surface area contributed by atoms with Crippen LogP contribution in [0.15, 0.2) is 11.0 Å². The van der Waals surface area contributed by atoms with Crippen LogP contribution in [-0.2, 0) is 11.8 Å². The van der Waals surface area contributed by atoms with Gasteiger partial charge in [-0.25, -0.2) is 0 Å². The first kappa shape index (κ1) is 9.57. The normalized spacial score (nSPS) is 10.0. The van der Waals surface area contributed by atoms with Crippen LogP contribution in [0, 0.1) is 0 Å². The molecule has 0 aliphatic heterocycles. The molecule has 0 aromatic carbocycles. The summed E-state index contributed by atoms with van der Waals surface area (Å²) >= 11 is 0. The SMILES string of the molecule is CCCC(=O)Oc1c[nH]n(C)c1=O. The minimum Gasteiger partial charge on any atom is -0.419 e. The summed E-state index contributed by atoms with van der Waals surface area (Å²) in [6.45, 7) is 1.87. The molecule has 0 aliphatic carbocycles. The van der Waals surface area contributed by atoms with E-state index in [-0.39, 0.29) is 17.3 Å². The number of ether oxygens (including phenoxy) is 1. The highest BCUT2D eigenvalue weighted by atomic mass is 16.5. The second kappa shape index (κ2) is 3.93. The lowest BCUT2D eigenvalue weighted by atomic mass is 10.3. The van der Waals surface area contributed by atoms with E-state index in [1.807, 2.05) is 6.92 Å². The molecule has 0 unspecified atom stereocenters. The van der Waals surface area contributed by atoms with E-state index in [2.05, 4.69) is 5.10 Å². The van der Waals surface area contributed by atoms with Gasteiger partial charge in [0.1, 0.15) is 0 Å². The summed E-state index contributed by atoms with van der Waals surface area (Å²) < 4.78 is 6.05. The van der Waals surface area contributed by atoms with Crippen LogP contribution in [-0.4, -0.2) is 15.7 Å². The predicted molar refractivity (Wildman–Crippen MR) is 46.6 cm³/mol. The molecule has 0 fully saturated rings. The number of rotatable bonds is 3. The van der Waals surface area contributed by atoms with E-state index in [0.29, 0.717) is 12.8 Å². The Morgan fingerprint density at radius 3 is 2.85 bits per heavy atom. The number of carbonyl (C=O) groups is 1. The maximum absolute atomic E-state index is 11.2. The van der Waals surface area contributed by atoms with E-state index < -0.39 is 0 Å². The van der Waals surface area contributed by atoms with Crippen molar-refractivity contribution in [2.45, 2.75) is 19.8 Å². The molecule has 0 radical (unpaired) electrons. The van der Waals surface area contributed by atoms with Crippen LogP contribution in [0.4, 0.5) is 0 Å². The van der Waals surface area contributed by atoms with Gasteiger partial charge in [-0.05, 0) is 6.42 Å². The zero-order valence-corrected chi connectivity index (χ0v) is 7.66. The molecule has 0 saturated heterocycles. The lowest BCUT2D eigenvalue weighted by Gasteiger charge is -1.96. The Bertz CT molecular complexity index is 351. The number of hydrogen-bond acceptors (Lipinski definition) is 3. The molecular weight excluding hydrogens is 172 g/mol. The maximum Gasteiger partial charge on any atom is 0.311 e. The second-order valence-corrected chi connectivity index (χ2v) is 2.73. The standard InChI is InChI=1S/C8H12N2O3/c1-3-4-7(11)13-6-5-9-10(2)8(6)12/h5,9H,3-4H2,1-2H3. The number of aromatic amines is 1. The average Bonchev–Trinajstić information content (AvgIpc) is 2.37. The summed E-state index contributed by atoms with van der Waals surface area (Å²) in [7, 11) is 1.56. The third kappa shape index (κ3) is 2.21. The Hall–Kier alpha value is -1.52. The molecule has 1 N–H and O–H groups in total. The van der Waals surface area contributed by atoms with E-state index in [0.717, 1.165) is 0 Å². The van der Waals surface area contributed by atoms with E-state index >= 15 is 0 Å². The molecule has 72 valence electrons. The van der Waals surface area contributed by atoms with Crippen molar-refractivity contribution in [1.82, 2.24) is 9.78 Å². The Morgan fingerprint density at radius 1 is 1.69 bits per heavy atom. The number of nitrogens with zero attached hydrogens (tertiary/aromatic N) is 1. The summed E-state index contributed by atoms with van der Waals surface area (Å²) in [5.74, 6) is -0.319. The zero-order chi connectivity index (χ0) is 9.84. The average molecular weight is 184 g/mol. The van der Waals surface area contributed by atoms with Gasteiger partial charge in [0.15, 0.2) is 0 Å². The van der Waals surface area contributed by atoms with Gasteiger partial charge in [0.2, 0.25) is 5.75 Å². The highest BCUT2D eigenvalue weighted by Crippen LogP contribution is 2.01. The largest absolute Gasteiger partial charge is 0.419 e. The lowest BCUT2D eigenvalue weighted by molar-refractivity contribution is -0.134. The molecule has 1 aromatic rings. The summed E-state index contributed by atoms with van der Waals surface area (Å²) in [4.78, 5) is 22.2. The Balaban J connectivity index is 2.69. The molecule has 1 aromatic heterocycles. The molecule has 5 nitrogen and oxygen atoms in total. The van der Waals surface area contributed by atoms with Crippen molar-refractivity contribution >= 4 is 5.97 Å². The smallest absolute Gasteiger partial charge is 0.311 e. The summed E-state index contributed by atoms with van der Waals surface area (Å²) in [6, 6.07) is 0. The Labute approximate surface area is 75.3 Å². The highest BCUT2D eigenvalue weighted by molar-refractivity contribution is 5.71. The summed E-state index contributed by atoms with van der Waals surface area (Å²) in [6.07, 6.45) is 2.41. The van der Waals surface area contributed by atoms with E-state index in [4.69, 9.17) is 4.74 Å². The first-order valence-electron chi connectivity index (χ1n) is 4.10. The van der Waals surface area contributed by atoms with E-state index in [1.54, 1.807) is 7.05 Å². The van der Waals surface area contributed by atoms with E-state index in [9.17, 15) is 9.59 Å². The minimum atomic E-state index is -0.376. The second-order valence-electron chi connectivity index (χ2n) is 2.73. The molecule has 1 rings (SSSR count).